The Hall–Kier alpha value is -2.89. The van der Waals surface area contributed by atoms with Gasteiger partial charge in [-0.2, -0.15) is 0 Å². The number of carbonyl (C=O) groups is 1. The van der Waals surface area contributed by atoms with Gasteiger partial charge in [0, 0.05) is 6.54 Å². The van der Waals surface area contributed by atoms with Gasteiger partial charge in [0.1, 0.15) is 0 Å². The van der Waals surface area contributed by atoms with Crippen LogP contribution in [0.15, 0.2) is 42.5 Å². The molecule has 0 aliphatic carbocycles. The van der Waals surface area contributed by atoms with Crippen LogP contribution in [0.5, 0.6) is 23.0 Å². The van der Waals surface area contributed by atoms with E-state index in [1.807, 2.05) is 41.3 Å². The van der Waals surface area contributed by atoms with Gasteiger partial charge in [-0.1, -0.05) is 18.2 Å². The number of ether oxygens (including phenoxy) is 4. The standard InChI is InChI=1S/C21H25NO5/c1-24-17-8-4-5-9-19(17)27-14-21(23)22-12-6-7-16(22)15-10-11-18(25-2)20(13-15)26-3/h4-5,8-11,13,16H,6-7,12,14H2,1-3H3. The van der Waals surface area contributed by atoms with Crippen molar-refractivity contribution in [3.05, 3.63) is 48.0 Å². The second-order valence-corrected chi connectivity index (χ2v) is 6.30. The molecule has 0 N–H and O–H groups in total. The van der Waals surface area contributed by atoms with Crippen LogP contribution in [-0.2, 0) is 4.79 Å². The molecule has 1 heterocycles. The zero-order chi connectivity index (χ0) is 19.2. The van der Waals surface area contributed by atoms with Gasteiger partial charge in [0.2, 0.25) is 0 Å². The molecular formula is C21H25NO5. The number of nitrogens with zero attached hydrogens (tertiary/aromatic N) is 1. The van der Waals surface area contributed by atoms with Gasteiger partial charge in [-0.05, 0) is 42.7 Å². The highest BCUT2D eigenvalue weighted by atomic mass is 16.5. The average Bonchev–Trinajstić information content (AvgIpc) is 3.21. The molecule has 1 aliphatic heterocycles. The lowest BCUT2D eigenvalue weighted by Crippen LogP contribution is -2.34. The third-order valence-corrected chi connectivity index (χ3v) is 4.79. The second-order valence-electron chi connectivity index (χ2n) is 6.30. The minimum atomic E-state index is -0.0433. The Morgan fingerprint density at radius 2 is 1.63 bits per heavy atom. The molecule has 3 rings (SSSR count). The maximum absolute atomic E-state index is 12.8. The van der Waals surface area contributed by atoms with Gasteiger partial charge in [0.25, 0.3) is 5.91 Å². The zero-order valence-electron chi connectivity index (χ0n) is 15.9. The monoisotopic (exact) mass is 371 g/mol. The Labute approximate surface area is 159 Å². The van der Waals surface area contributed by atoms with Crippen molar-refractivity contribution in [2.24, 2.45) is 0 Å². The summed E-state index contributed by atoms with van der Waals surface area (Å²) < 4.78 is 21.7. The smallest absolute Gasteiger partial charge is 0.261 e. The molecule has 2 aromatic rings. The van der Waals surface area contributed by atoms with Crippen LogP contribution in [0, 0.1) is 0 Å². The summed E-state index contributed by atoms with van der Waals surface area (Å²) in [5.74, 6) is 2.48. The van der Waals surface area contributed by atoms with Crippen LogP contribution < -0.4 is 18.9 Å². The Morgan fingerprint density at radius 1 is 0.963 bits per heavy atom. The molecule has 0 radical (unpaired) electrons. The van der Waals surface area contributed by atoms with Crippen LogP contribution in [-0.4, -0.2) is 45.3 Å². The lowest BCUT2D eigenvalue weighted by molar-refractivity contribution is -0.134. The summed E-state index contributed by atoms with van der Waals surface area (Å²) in [6.07, 6.45) is 1.87. The van der Waals surface area contributed by atoms with Crippen molar-refractivity contribution in [3.63, 3.8) is 0 Å². The molecule has 1 unspecified atom stereocenters. The van der Waals surface area contributed by atoms with E-state index >= 15 is 0 Å². The number of para-hydroxylation sites is 2. The summed E-state index contributed by atoms with van der Waals surface area (Å²) in [5, 5.41) is 0. The summed E-state index contributed by atoms with van der Waals surface area (Å²) in [4.78, 5) is 14.7. The fraction of sp³-hybridized carbons (Fsp3) is 0.381. The predicted molar refractivity (Wildman–Crippen MR) is 102 cm³/mol. The van der Waals surface area contributed by atoms with E-state index in [2.05, 4.69) is 0 Å². The fourth-order valence-corrected chi connectivity index (χ4v) is 3.43. The highest BCUT2D eigenvalue weighted by Gasteiger charge is 2.30. The van der Waals surface area contributed by atoms with Crippen LogP contribution >= 0.6 is 0 Å². The van der Waals surface area contributed by atoms with Crippen molar-refractivity contribution in [2.45, 2.75) is 18.9 Å². The summed E-state index contributed by atoms with van der Waals surface area (Å²) in [7, 11) is 4.80. The molecule has 0 aromatic heterocycles. The van der Waals surface area contributed by atoms with E-state index in [-0.39, 0.29) is 18.6 Å². The van der Waals surface area contributed by atoms with Crippen molar-refractivity contribution >= 4 is 5.91 Å². The van der Waals surface area contributed by atoms with E-state index in [4.69, 9.17) is 18.9 Å². The summed E-state index contributed by atoms with van der Waals surface area (Å²) in [5.41, 5.74) is 1.04. The first-order valence-corrected chi connectivity index (χ1v) is 8.95. The predicted octanol–water partition coefficient (Wildman–Crippen LogP) is 3.45. The molecule has 0 spiro atoms. The lowest BCUT2D eigenvalue weighted by atomic mass is 10.0. The van der Waals surface area contributed by atoms with Crippen LogP contribution in [0.3, 0.4) is 0 Å². The average molecular weight is 371 g/mol. The van der Waals surface area contributed by atoms with Gasteiger partial charge in [0.15, 0.2) is 29.6 Å². The number of carbonyl (C=O) groups excluding carboxylic acids is 1. The first-order valence-electron chi connectivity index (χ1n) is 8.95. The Kier molecular flexibility index (Phi) is 6.06. The number of likely N-dealkylation sites (tertiary alicyclic amines) is 1. The van der Waals surface area contributed by atoms with E-state index in [1.54, 1.807) is 27.4 Å². The number of hydrogen-bond acceptors (Lipinski definition) is 5. The molecule has 0 saturated carbocycles. The van der Waals surface area contributed by atoms with E-state index in [1.165, 1.54) is 0 Å². The summed E-state index contributed by atoms with van der Waals surface area (Å²) >= 11 is 0. The topological polar surface area (TPSA) is 57.2 Å². The number of benzene rings is 2. The van der Waals surface area contributed by atoms with Crippen molar-refractivity contribution in [3.8, 4) is 23.0 Å². The lowest BCUT2D eigenvalue weighted by Gasteiger charge is -2.26. The Balaban J connectivity index is 1.71. The van der Waals surface area contributed by atoms with Gasteiger partial charge in [-0.25, -0.2) is 0 Å². The first kappa shape index (κ1) is 18.9. The van der Waals surface area contributed by atoms with E-state index in [0.717, 1.165) is 18.4 Å². The SMILES string of the molecule is COc1ccc(C2CCCN2C(=O)COc2ccccc2OC)cc1OC. The quantitative estimate of drug-likeness (QED) is 0.746. The zero-order valence-corrected chi connectivity index (χ0v) is 15.9. The van der Waals surface area contributed by atoms with E-state index in [0.29, 0.717) is 29.5 Å². The van der Waals surface area contributed by atoms with Gasteiger partial charge in [-0.15, -0.1) is 0 Å². The summed E-state index contributed by atoms with van der Waals surface area (Å²) in [6.45, 7) is 0.692. The van der Waals surface area contributed by atoms with Gasteiger partial charge in [-0.3, -0.25) is 4.79 Å². The second kappa shape index (κ2) is 8.66. The molecule has 144 valence electrons. The summed E-state index contributed by atoms with van der Waals surface area (Å²) in [6, 6.07) is 13.1. The normalized spacial score (nSPS) is 16.1. The molecule has 1 atom stereocenters. The maximum Gasteiger partial charge on any atom is 0.261 e. The first-order chi connectivity index (χ1) is 13.2. The van der Waals surface area contributed by atoms with Gasteiger partial charge in [0.05, 0.1) is 27.4 Å². The fourth-order valence-electron chi connectivity index (χ4n) is 3.43. The highest BCUT2D eigenvalue weighted by molar-refractivity contribution is 5.78. The van der Waals surface area contributed by atoms with Crippen molar-refractivity contribution < 1.29 is 23.7 Å². The van der Waals surface area contributed by atoms with Crippen molar-refractivity contribution in [1.29, 1.82) is 0 Å². The maximum atomic E-state index is 12.8. The van der Waals surface area contributed by atoms with Crippen LogP contribution in [0.25, 0.3) is 0 Å². The van der Waals surface area contributed by atoms with Crippen molar-refractivity contribution in [1.82, 2.24) is 4.90 Å². The molecule has 6 heteroatoms. The number of rotatable bonds is 7. The third kappa shape index (κ3) is 4.10. The van der Waals surface area contributed by atoms with Gasteiger partial charge >= 0.3 is 0 Å². The molecule has 1 aliphatic rings. The van der Waals surface area contributed by atoms with Crippen LogP contribution in [0.2, 0.25) is 0 Å². The largest absolute Gasteiger partial charge is 0.493 e. The van der Waals surface area contributed by atoms with E-state index in [9.17, 15) is 4.79 Å². The highest BCUT2D eigenvalue weighted by Crippen LogP contribution is 2.37. The molecule has 0 bridgehead atoms. The van der Waals surface area contributed by atoms with Crippen molar-refractivity contribution in [2.75, 3.05) is 34.5 Å². The number of hydrogen-bond donors (Lipinski definition) is 0. The third-order valence-electron chi connectivity index (χ3n) is 4.79. The number of amides is 1. The Morgan fingerprint density at radius 3 is 2.33 bits per heavy atom. The molecule has 1 fully saturated rings. The molecule has 27 heavy (non-hydrogen) atoms. The molecule has 1 saturated heterocycles. The number of methoxy groups -OCH3 is 3. The molecular weight excluding hydrogens is 346 g/mol. The minimum absolute atomic E-state index is 0.0126. The van der Waals surface area contributed by atoms with E-state index < -0.39 is 0 Å². The molecule has 1 amide bonds. The van der Waals surface area contributed by atoms with Crippen LogP contribution in [0.1, 0.15) is 24.4 Å². The molecule has 2 aromatic carbocycles. The Bertz CT molecular complexity index is 792. The van der Waals surface area contributed by atoms with Gasteiger partial charge < -0.3 is 23.8 Å². The molecule has 6 nitrogen and oxygen atoms in total. The van der Waals surface area contributed by atoms with Crippen LogP contribution in [0.4, 0.5) is 0 Å². The minimum Gasteiger partial charge on any atom is -0.493 e.